The van der Waals surface area contributed by atoms with Crippen molar-refractivity contribution in [1.29, 1.82) is 0 Å². The Hall–Kier alpha value is -3.32. The van der Waals surface area contributed by atoms with Crippen molar-refractivity contribution < 1.29 is 19.1 Å². The average molecular weight is 419 g/mol. The zero-order valence-corrected chi connectivity index (χ0v) is 17.3. The van der Waals surface area contributed by atoms with E-state index < -0.39 is 6.10 Å². The number of ether oxygens (including phenoxy) is 2. The molecule has 2 amide bonds. The lowest BCUT2D eigenvalue weighted by Crippen LogP contribution is -2.54. The summed E-state index contributed by atoms with van der Waals surface area (Å²) in [6.45, 7) is 2.38. The minimum atomic E-state index is -0.704. The second-order valence-corrected chi connectivity index (χ2v) is 7.88. The number of para-hydroxylation sites is 3. The minimum absolute atomic E-state index is 0.0131. The Morgan fingerprint density at radius 1 is 1.03 bits per heavy atom. The van der Waals surface area contributed by atoms with Gasteiger partial charge in [-0.1, -0.05) is 30.3 Å². The van der Waals surface area contributed by atoms with E-state index in [2.05, 4.69) is 11.1 Å². The predicted octanol–water partition coefficient (Wildman–Crippen LogP) is 2.75. The Labute approximate surface area is 180 Å². The van der Waals surface area contributed by atoms with Gasteiger partial charge >= 0.3 is 0 Å². The van der Waals surface area contributed by atoms with E-state index in [1.165, 1.54) is 0 Å². The molecule has 160 valence electrons. The number of nitrogens with zero attached hydrogens (tertiary/aromatic N) is 2. The molecule has 1 N–H and O–H groups in total. The summed E-state index contributed by atoms with van der Waals surface area (Å²) < 4.78 is 11.4. The van der Waals surface area contributed by atoms with E-state index in [1.807, 2.05) is 48.7 Å². The summed E-state index contributed by atoms with van der Waals surface area (Å²) in [5.74, 6) is 0.467. The van der Waals surface area contributed by atoms with Gasteiger partial charge < -0.3 is 24.3 Å². The van der Waals surface area contributed by atoms with E-state index in [-0.39, 0.29) is 18.4 Å². The number of aromatic nitrogens is 1. The van der Waals surface area contributed by atoms with Gasteiger partial charge in [0.2, 0.25) is 5.91 Å². The number of hydrogen-bond acceptors (Lipinski definition) is 4. The zero-order valence-electron chi connectivity index (χ0n) is 17.3. The van der Waals surface area contributed by atoms with E-state index in [4.69, 9.17) is 9.47 Å². The van der Waals surface area contributed by atoms with Crippen molar-refractivity contribution in [2.75, 3.05) is 37.7 Å². The van der Waals surface area contributed by atoms with Crippen LogP contribution in [0.5, 0.6) is 5.75 Å². The quantitative estimate of drug-likeness (QED) is 0.706. The zero-order chi connectivity index (χ0) is 21.2. The summed E-state index contributed by atoms with van der Waals surface area (Å²) in [5, 5.41) is 1.14. The van der Waals surface area contributed by atoms with Gasteiger partial charge in [0.05, 0.1) is 25.4 Å². The molecule has 3 heterocycles. The van der Waals surface area contributed by atoms with Crippen molar-refractivity contribution in [3.8, 4) is 5.75 Å². The normalized spacial score (nSPS) is 18.5. The second kappa shape index (κ2) is 8.43. The molecular formula is C24H25N3O4. The van der Waals surface area contributed by atoms with Gasteiger partial charge in [0, 0.05) is 36.6 Å². The van der Waals surface area contributed by atoms with E-state index in [9.17, 15) is 9.59 Å². The molecule has 1 aromatic heterocycles. The molecule has 31 heavy (non-hydrogen) atoms. The lowest BCUT2D eigenvalue weighted by molar-refractivity contribution is -0.142. The Bertz CT molecular complexity index is 1100. The van der Waals surface area contributed by atoms with Crippen LogP contribution in [-0.4, -0.2) is 60.7 Å². The number of aromatic amines is 1. The fourth-order valence-corrected chi connectivity index (χ4v) is 4.30. The summed E-state index contributed by atoms with van der Waals surface area (Å²) in [4.78, 5) is 33.0. The lowest BCUT2D eigenvalue weighted by atomic mass is 10.1. The SMILES string of the molecule is O=C([C@H]1CN(C(=O)CCc2c[nH]c3ccccc23)c2ccccc2O1)N1CCOCC1. The molecule has 2 aliphatic heterocycles. The van der Waals surface area contributed by atoms with Crippen LogP contribution in [0.1, 0.15) is 12.0 Å². The van der Waals surface area contributed by atoms with Gasteiger partial charge in [-0.05, 0) is 30.2 Å². The Kier molecular flexibility index (Phi) is 5.34. The molecule has 1 saturated heterocycles. The third-order valence-corrected chi connectivity index (χ3v) is 5.96. The van der Waals surface area contributed by atoms with Gasteiger partial charge in [0.15, 0.2) is 6.10 Å². The maximum absolute atomic E-state index is 13.3. The number of aryl methyl sites for hydroxylation is 1. The van der Waals surface area contributed by atoms with E-state index in [0.29, 0.717) is 44.9 Å². The molecule has 2 aromatic carbocycles. The molecule has 0 bridgehead atoms. The lowest BCUT2D eigenvalue weighted by Gasteiger charge is -2.37. The van der Waals surface area contributed by atoms with Gasteiger partial charge in [-0.15, -0.1) is 0 Å². The summed E-state index contributed by atoms with van der Waals surface area (Å²) >= 11 is 0. The van der Waals surface area contributed by atoms with E-state index in [1.54, 1.807) is 9.80 Å². The van der Waals surface area contributed by atoms with Crippen LogP contribution in [0.25, 0.3) is 10.9 Å². The van der Waals surface area contributed by atoms with Gasteiger partial charge in [0.25, 0.3) is 5.91 Å². The highest BCUT2D eigenvalue weighted by Gasteiger charge is 2.36. The number of hydrogen-bond donors (Lipinski definition) is 1. The van der Waals surface area contributed by atoms with Crippen LogP contribution in [-0.2, 0) is 20.7 Å². The molecule has 3 aromatic rings. The minimum Gasteiger partial charge on any atom is -0.476 e. The molecule has 7 nitrogen and oxygen atoms in total. The average Bonchev–Trinajstić information content (AvgIpc) is 3.25. The second-order valence-electron chi connectivity index (χ2n) is 7.88. The number of anilines is 1. The molecule has 1 fully saturated rings. The smallest absolute Gasteiger partial charge is 0.265 e. The Balaban J connectivity index is 1.33. The van der Waals surface area contributed by atoms with Crippen LogP contribution < -0.4 is 9.64 Å². The number of amides is 2. The highest BCUT2D eigenvalue weighted by atomic mass is 16.5. The fourth-order valence-electron chi connectivity index (χ4n) is 4.30. The highest BCUT2D eigenvalue weighted by molar-refractivity contribution is 5.97. The van der Waals surface area contributed by atoms with Crippen LogP contribution in [0, 0.1) is 0 Å². The first-order valence-corrected chi connectivity index (χ1v) is 10.7. The van der Waals surface area contributed by atoms with Crippen molar-refractivity contribution in [2.24, 2.45) is 0 Å². The third kappa shape index (κ3) is 3.88. The topological polar surface area (TPSA) is 74.9 Å². The molecule has 1 atom stereocenters. The number of H-pyrrole nitrogens is 1. The van der Waals surface area contributed by atoms with Gasteiger partial charge in [-0.3, -0.25) is 9.59 Å². The number of carbonyl (C=O) groups excluding carboxylic acids is 2. The van der Waals surface area contributed by atoms with Crippen molar-refractivity contribution in [1.82, 2.24) is 9.88 Å². The number of rotatable bonds is 4. The van der Waals surface area contributed by atoms with Crippen LogP contribution in [0.3, 0.4) is 0 Å². The van der Waals surface area contributed by atoms with Crippen LogP contribution in [0.4, 0.5) is 5.69 Å². The first-order chi connectivity index (χ1) is 15.2. The van der Waals surface area contributed by atoms with Crippen LogP contribution in [0.15, 0.2) is 54.7 Å². The number of carbonyl (C=O) groups is 2. The standard InChI is InChI=1S/C24H25N3O4/c28-23(10-9-17-15-25-19-6-2-1-5-18(17)19)27-16-22(24(29)26-11-13-30-14-12-26)31-21-8-4-3-7-20(21)27/h1-8,15,22,25H,9-14,16H2/t22-/m1/s1. The molecule has 0 unspecified atom stereocenters. The number of morpholine rings is 1. The fraction of sp³-hybridized carbons (Fsp3) is 0.333. The molecule has 0 spiro atoms. The summed E-state index contributed by atoms with van der Waals surface area (Å²) in [5.41, 5.74) is 2.90. The van der Waals surface area contributed by atoms with Crippen molar-refractivity contribution >= 4 is 28.4 Å². The van der Waals surface area contributed by atoms with Gasteiger partial charge in [-0.25, -0.2) is 0 Å². The van der Waals surface area contributed by atoms with E-state index >= 15 is 0 Å². The highest BCUT2D eigenvalue weighted by Crippen LogP contribution is 2.34. The Morgan fingerprint density at radius 2 is 1.81 bits per heavy atom. The van der Waals surface area contributed by atoms with Crippen LogP contribution >= 0.6 is 0 Å². The molecule has 5 rings (SSSR count). The molecule has 0 aliphatic carbocycles. The van der Waals surface area contributed by atoms with Crippen molar-refractivity contribution in [2.45, 2.75) is 18.9 Å². The largest absolute Gasteiger partial charge is 0.476 e. The van der Waals surface area contributed by atoms with Crippen LogP contribution in [0.2, 0.25) is 0 Å². The monoisotopic (exact) mass is 419 g/mol. The predicted molar refractivity (Wildman–Crippen MR) is 117 cm³/mol. The number of nitrogens with one attached hydrogen (secondary N) is 1. The third-order valence-electron chi connectivity index (χ3n) is 5.96. The Morgan fingerprint density at radius 3 is 2.68 bits per heavy atom. The summed E-state index contributed by atoms with van der Waals surface area (Å²) in [6, 6.07) is 15.5. The van der Waals surface area contributed by atoms with Crippen molar-refractivity contribution in [3.63, 3.8) is 0 Å². The molecule has 0 radical (unpaired) electrons. The van der Waals surface area contributed by atoms with E-state index in [0.717, 1.165) is 22.2 Å². The first-order valence-electron chi connectivity index (χ1n) is 10.7. The molecule has 0 saturated carbocycles. The molecule has 7 heteroatoms. The van der Waals surface area contributed by atoms with Gasteiger partial charge in [-0.2, -0.15) is 0 Å². The summed E-state index contributed by atoms with van der Waals surface area (Å²) in [7, 11) is 0. The first kappa shape index (κ1) is 19.6. The maximum Gasteiger partial charge on any atom is 0.265 e. The number of benzene rings is 2. The van der Waals surface area contributed by atoms with Gasteiger partial charge in [0.1, 0.15) is 5.75 Å². The maximum atomic E-state index is 13.3. The molecular weight excluding hydrogens is 394 g/mol. The number of fused-ring (bicyclic) bond motifs is 2. The summed E-state index contributed by atoms with van der Waals surface area (Å²) in [6.07, 6.45) is 2.25. The van der Waals surface area contributed by atoms with Crippen molar-refractivity contribution in [3.05, 3.63) is 60.3 Å². The molecule has 2 aliphatic rings.